The second kappa shape index (κ2) is 13.0. The molecule has 2 aliphatic heterocycles. The van der Waals surface area contributed by atoms with Crippen LogP contribution in [-0.2, 0) is 9.47 Å². The summed E-state index contributed by atoms with van der Waals surface area (Å²) in [7, 11) is 1.92. The third-order valence-corrected chi connectivity index (χ3v) is 7.42. The molecule has 2 N–H and O–H groups in total. The van der Waals surface area contributed by atoms with E-state index in [1.165, 1.54) is 6.07 Å². The average molecular weight is 583 g/mol. The zero-order valence-electron chi connectivity index (χ0n) is 23.1. The van der Waals surface area contributed by atoms with Gasteiger partial charge in [0.25, 0.3) is 0 Å². The summed E-state index contributed by atoms with van der Waals surface area (Å²) < 4.78 is 38.8. The van der Waals surface area contributed by atoms with Gasteiger partial charge in [-0.2, -0.15) is 0 Å². The molecular weight excluding hydrogens is 550 g/mol. The first kappa shape index (κ1) is 29.0. The number of benzene rings is 3. The number of nitrogens with one attached hydrogen (secondary N) is 2. The van der Waals surface area contributed by atoms with Crippen LogP contribution in [0.4, 0.5) is 20.2 Å². The fourth-order valence-electron chi connectivity index (χ4n) is 4.88. The number of aryl methyl sites for hydroxylation is 1. The number of ketones is 1. The van der Waals surface area contributed by atoms with E-state index in [1.807, 2.05) is 48.4 Å². The van der Waals surface area contributed by atoms with Gasteiger partial charge in [0.05, 0.1) is 23.0 Å². The van der Waals surface area contributed by atoms with Crippen LogP contribution in [0.15, 0.2) is 60.8 Å². The Balaban J connectivity index is 1.26. The normalized spacial score (nSPS) is 17.1. The summed E-state index contributed by atoms with van der Waals surface area (Å²) in [6.45, 7) is 4.01. The van der Waals surface area contributed by atoms with Crippen molar-refractivity contribution in [2.24, 2.45) is 0 Å². The Morgan fingerprint density at radius 2 is 1.98 bits per heavy atom. The monoisotopic (exact) mass is 582 g/mol. The topological polar surface area (TPSA) is 66.1 Å². The van der Waals surface area contributed by atoms with Gasteiger partial charge in [-0.3, -0.25) is 14.8 Å². The summed E-state index contributed by atoms with van der Waals surface area (Å²) in [5, 5.41) is 7.00. The molecule has 1 atom stereocenters. The van der Waals surface area contributed by atoms with Crippen molar-refractivity contribution in [3.63, 3.8) is 0 Å². The van der Waals surface area contributed by atoms with E-state index in [9.17, 15) is 13.6 Å². The average Bonchev–Trinajstić information content (AvgIpc) is 3.33. The van der Waals surface area contributed by atoms with Crippen LogP contribution in [0.5, 0.6) is 0 Å². The van der Waals surface area contributed by atoms with Crippen LogP contribution < -0.4 is 10.9 Å². The van der Waals surface area contributed by atoms with Crippen LogP contribution >= 0.6 is 11.6 Å². The third kappa shape index (κ3) is 7.05. The quantitative estimate of drug-likeness (QED) is 0.201. The Kier molecular flexibility index (Phi) is 9.19. The van der Waals surface area contributed by atoms with Crippen molar-refractivity contribution in [3.05, 3.63) is 99.7 Å². The predicted molar refractivity (Wildman–Crippen MR) is 155 cm³/mol. The molecule has 1 fully saturated rings. The molecule has 216 valence electrons. The van der Waals surface area contributed by atoms with Crippen molar-refractivity contribution in [1.29, 1.82) is 0 Å². The first-order valence-corrected chi connectivity index (χ1v) is 14.1. The molecule has 0 saturated carbocycles. The van der Waals surface area contributed by atoms with Crippen LogP contribution in [0, 0.1) is 18.6 Å². The molecule has 1 unspecified atom stereocenters. The Labute approximate surface area is 243 Å². The summed E-state index contributed by atoms with van der Waals surface area (Å²) in [5.41, 5.74) is 7.36. The van der Waals surface area contributed by atoms with Crippen molar-refractivity contribution >= 4 is 34.5 Å². The van der Waals surface area contributed by atoms with Gasteiger partial charge in [-0.25, -0.2) is 8.78 Å². The van der Waals surface area contributed by atoms with Crippen LogP contribution in [0.3, 0.4) is 0 Å². The second-order valence-electron chi connectivity index (χ2n) is 10.2. The molecule has 7 nitrogen and oxygen atoms in total. The maximum atomic E-state index is 14.1. The van der Waals surface area contributed by atoms with Gasteiger partial charge < -0.3 is 14.8 Å². The number of carbonyl (C=O) groups excluding carboxylic acids is 1. The van der Waals surface area contributed by atoms with Crippen molar-refractivity contribution in [3.8, 4) is 0 Å². The highest BCUT2D eigenvalue weighted by atomic mass is 35.5. The molecule has 5 rings (SSSR count). The van der Waals surface area contributed by atoms with Crippen LogP contribution in [0.1, 0.15) is 52.7 Å². The lowest BCUT2D eigenvalue weighted by Gasteiger charge is -2.24. The molecule has 0 amide bonds. The van der Waals surface area contributed by atoms with Gasteiger partial charge >= 0.3 is 0 Å². The highest BCUT2D eigenvalue weighted by Crippen LogP contribution is 2.30. The molecule has 10 heteroatoms. The number of hydrogen-bond donors (Lipinski definition) is 2. The summed E-state index contributed by atoms with van der Waals surface area (Å²) in [6.07, 6.45) is 5.94. The Bertz CT molecular complexity index is 1440. The van der Waals surface area contributed by atoms with E-state index in [2.05, 4.69) is 10.9 Å². The van der Waals surface area contributed by atoms with Crippen LogP contribution in [0.25, 0.3) is 5.70 Å². The van der Waals surface area contributed by atoms with Crippen molar-refractivity contribution in [2.45, 2.75) is 38.9 Å². The SMILES string of the molecule is Cc1ccc(C2=CN(CCCOC3CCCCO3)NN2C)cc1C(=O)c1ccc(Nc2ccc(F)cc2F)cc1Cl. The van der Waals surface area contributed by atoms with Gasteiger partial charge in [-0.15, -0.1) is 5.53 Å². The summed E-state index contributed by atoms with van der Waals surface area (Å²) >= 11 is 6.51. The Morgan fingerprint density at radius 3 is 2.73 bits per heavy atom. The molecule has 0 aliphatic carbocycles. The van der Waals surface area contributed by atoms with Gasteiger partial charge in [0.2, 0.25) is 0 Å². The summed E-state index contributed by atoms with van der Waals surface area (Å²) in [6, 6.07) is 13.8. The molecule has 0 radical (unpaired) electrons. The molecule has 0 aromatic heterocycles. The number of ether oxygens (including phenoxy) is 2. The smallest absolute Gasteiger partial charge is 0.194 e. The van der Waals surface area contributed by atoms with Crippen LogP contribution in [-0.4, -0.2) is 48.9 Å². The Morgan fingerprint density at radius 1 is 1.12 bits per heavy atom. The van der Waals surface area contributed by atoms with Crippen molar-refractivity contribution in [1.82, 2.24) is 15.6 Å². The van der Waals surface area contributed by atoms with Gasteiger partial charge in [0, 0.05) is 54.8 Å². The molecule has 3 aromatic rings. The number of hydrogen-bond acceptors (Lipinski definition) is 7. The minimum atomic E-state index is -0.727. The minimum Gasteiger partial charge on any atom is -0.353 e. The maximum Gasteiger partial charge on any atom is 0.194 e. The van der Waals surface area contributed by atoms with E-state index in [-0.39, 0.29) is 22.8 Å². The lowest BCUT2D eigenvalue weighted by molar-refractivity contribution is -0.163. The van der Waals surface area contributed by atoms with E-state index < -0.39 is 11.6 Å². The predicted octanol–water partition coefficient (Wildman–Crippen LogP) is 6.80. The van der Waals surface area contributed by atoms with Gasteiger partial charge in [0.15, 0.2) is 12.1 Å². The zero-order valence-corrected chi connectivity index (χ0v) is 23.8. The molecule has 0 bridgehead atoms. The van der Waals surface area contributed by atoms with Gasteiger partial charge in [-0.05, 0) is 74.6 Å². The first-order chi connectivity index (χ1) is 19.8. The highest BCUT2D eigenvalue weighted by molar-refractivity contribution is 6.35. The number of carbonyl (C=O) groups is 1. The number of anilines is 2. The summed E-state index contributed by atoms with van der Waals surface area (Å²) in [5.74, 6) is -1.61. The molecule has 1 saturated heterocycles. The number of rotatable bonds is 10. The zero-order chi connectivity index (χ0) is 28.9. The molecule has 2 aliphatic rings. The highest BCUT2D eigenvalue weighted by Gasteiger charge is 2.22. The number of nitrogens with zero attached hydrogens (tertiary/aromatic N) is 2. The van der Waals surface area contributed by atoms with Crippen LogP contribution in [0.2, 0.25) is 5.02 Å². The van der Waals surface area contributed by atoms with Crippen molar-refractivity contribution < 1.29 is 23.0 Å². The largest absolute Gasteiger partial charge is 0.353 e. The van der Waals surface area contributed by atoms with E-state index >= 15 is 0 Å². The second-order valence-corrected chi connectivity index (χ2v) is 10.6. The first-order valence-electron chi connectivity index (χ1n) is 13.7. The lowest BCUT2D eigenvalue weighted by Crippen LogP contribution is -2.38. The standard InChI is InChI=1S/C31H33ClF2N4O3/c1-20-7-8-21(29-19-38(36-37(29)2)13-5-15-41-30-6-3-4-14-40-30)16-25(20)31(39)24-11-10-23(18-26(24)32)35-28-12-9-22(33)17-27(28)34/h7-12,16-19,30,35-36H,3-6,13-15H2,1-2H3. The van der Waals surface area contributed by atoms with E-state index in [0.29, 0.717) is 23.4 Å². The molecular formula is C31H33ClF2N4O3. The third-order valence-electron chi connectivity index (χ3n) is 7.10. The molecule has 41 heavy (non-hydrogen) atoms. The van der Waals surface area contributed by atoms with Gasteiger partial charge in [0.1, 0.15) is 11.6 Å². The molecule has 2 heterocycles. The van der Waals surface area contributed by atoms with E-state index in [0.717, 1.165) is 67.8 Å². The molecule has 3 aromatic carbocycles. The minimum absolute atomic E-state index is 0.0913. The van der Waals surface area contributed by atoms with E-state index in [1.54, 1.807) is 18.2 Å². The summed E-state index contributed by atoms with van der Waals surface area (Å²) in [4.78, 5) is 13.6. The fourth-order valence-corrected chi connectivity index (χ4v) is 5.15. The van der Waals surface area contributed by atoms with Crippen molar-refractivity contribution in [2.75, 3.05) is 32.1 Å². The number of halogens is 3. The molecule has 0 spiro atoms. The van der Waals surface area contributed by atoms with E-state index in [4.69, 9.17) is 21.1 Å². The maximum absolute atomic E-state index is 14.1. The van der Waals surface area contributed by atoms with Gasteiger partial charge in [-0.1, -0.05) is 23.7 Å². The Hall–Kier alpha value is -3.50. The fraction of sp³-hybridized carbons (Fsp3) is 0.323. The number of hydrazine groups is 2. The lowest BCUT2D eigenvalue weighted by atomic mass is 9.96.